The van der Waals surface area contributed by atoms with Crippen LogP contribution in [-0.2, 0) is 9.53 Å². The highest BCUT2D eigenvalue weighted by atomic mass is 79.9. The molecule has 3 aromatic rings. The van der Waals surface area contributed by atoms with Gasteiger partial charge in [-0.05, 0) is 37.6 Å². The molecule has 0 spiro atoms. The second-order valence-electron chi connectivity index (χ2n) is 7.50. The van der Waals surface area contributed by atoms with Crippen LogP contribution in [0.2, 0.25) is 0 Å². The Morgan fingerprint density at radius 1 is 1.26 bits per heavy atom. The minimum atomic E-state index is -0.674. The topological polar surface area (TPSA) is 126 Å². The van der Waals surface area contributed by atoms with E-state index in [0.717, 1.165) is 0 Å². The quantitative estimate of drug-likeness (QED) is 0.142. The van der Waals surface area contributed by atoms with Gasteiger partial charge in [0, 0.05) is 26.5 Å². The number of benzene rings is 2. The van der Waals surface area contributed by atoms with Crippen LogP contribution in [-0.4, -0.2) is 40.0 Å². The molecular weight excluding hydrogens is 588 g/mol. The number of halogens is 2. The van der Waals surface area contributed by atoms with E-state index in [1.54, 1.807) is 25.1 Å². The lowest BCUT2D eigenvalue weighted by Crippen LogP contribution is -2.24. The first kappa shape index (κ1) is 26.5. The van der Waals surface area contributed by atoms with E-state index in [1.165, 1.54) is 23.0 Å². The summed E-state index contributed by atoms with van der Waals surface area (Å²) in [6.45, 7) is 5.15. The van der Waals surface area contributed by atoms with Gasteiger partial charge in [0.15, 0.2) is 6.61 Å². The fourth-order valence-electron chi connectivity index (χ4n) is 3.22. The van der Waals surface area contributed by atoms with Crippen LogP contribution < -0.4 is 10.3 Å². The summed E-state index contributed by atoms with van der Waals surface area (Å²) in [6, 6.07) is 8.00. The largest absolute Gasteiger partial charge is 0.474 e. The summed E-state index contributed by atoms with van der Waals surface area (Å²) in [5.74, 6) is -0.497. The molecule has 12 heteroatoms. The highest BCUT2D eigenvalue weighted by molar-refractivity contribution is 9.10. The minimum Gasteiger partial charge on any atom is -0.474 e. The van der Waals surface area contributed by atoms with E-state index in [0.29, 0.717) is 32.1 Å². The molecule has 0 aliphatic heterocycles. The number of rotatable bonds is 9. The van der Waals surface area contributed by atoms with Crippen LogP contribution in [0.1, 0.15) is 44.5 Å². The molecular formula is C23H22Br2N4O6. The molecule has 3 rings (SSSR count). The number of esters is 1. The van der Waals surface area contributed by atoms with Gasteiger partial charge in [-0.15, -0.1) is 0 Å². The normalized spacial score (nSPS) is 12.1. The van der Waals surface area contributed by atoms with Crippen LogP contribution in [0, 0.1) is 10.1 Å². The number of hydrogen-bond donors (Lipinski definition) is 0. The van der Waals surface area contributed by atoms with E-state index in [9.17, 15) is 19.7 Å². The number of hydrogen-bond acceptors (Lipinski definition) is 8. The molecule has 0 unspecified atom stereocenters. The Morgan fingerprint density at radius 2 is 2.00 bits per heavy atom. The van der Waals surface area contributed by atoms with Crippen molar-refractivity contribution < 1.29 is 19.2 Å². The molecule has 0 N–H and O–H groups in total. The Kier molecular flexibility index (Phi) is 8.73. The zero-order valence-corrected chi connectivity index (χ0v) is 22.3. The third-order valence-corrected chi connectivity index (χ3v) is 6.05. The van der Waals surface area contributed by atoms with E-state index in [-0.39, 0.29) is 35.1 Å². The molecule has 0 saturated carbocycles. The van der Waals surface area contributed by atoms with Crippen LogP contribution >= 0.6 is 31.9 Å². The van der Waals surface area contributed by atoms with E-state index < -0.39 is 17.5 Å². The van der Waals surface area contributed by atoms with Crippen LogP contribution in [0.5, 0.6) is 5.75 Å². The molecule has 2 aromatic carbocycles. The van der Waals surface area contributed by atoms with Crippen LogP contribution in [0.25, 0.3) is 10.9 Å². The van der Waals surface area contributed by atoms with Crippen molar-refractivity contribution in [1.29, 1.82) is 0 Å². The fourth-order valence-corrected chi connectivity index (χ4v) is 4.05. The lowest BCUT2D eigenvalue weighted by Gasteiger charge is -2.14. The number of fused-ring (bicyclic) bond motifs is 1. The van der Waals surface area contributed by atoms with Gasteiger partial charge in [0.2, 0.25) is 5.75 Å². The van der Waals surface area contributed by atoms with Gasteiger partial charge in [-0.2, -0.15) is 9.78 Å². The van der Waals surface area contributed by atoms with Crippen molar-refractivity contribution in [2.24, 2.45) is 5.10 Å². The molecule has 0 radical (unpaired) electrons. The van der Waals surface area contributed by atoms with Crippen molar-refractivity contribution in [3.8, 4) is 5.75 Å². The van der Waals surface area contributed by atoms with Gasteiger partial charge >= 0.3 is 11.7 Å². The second-order valence-corrected chi connectivity index (χ2v) is 9.33. The molecule has 35 heavy (non-hydrogen) atoms. The maximum atomic E-state index is 13.3. The molecule has 0 bridgehead atoms. The smallest absolute Gasteiger partial charge is 0.344 e. The van der Waals surface area contributed by atoms with Gasteiger partial charge < -0.3 is 9.47 Å². The zero-order chi connectivity index (χ0) is 25.7. The predicted molar refractivity (Wildman–Crippen MR) is 138 cm³/mol. The highest BCUT2D eigenvalue weighted by Crippen LogP contribution is 2.34. The van der Waals surface area contributed by atoms with Gasteiger partial charge in [-0.3, -0.25) is 14.9 Å². The first-order valence-corrected chi connectivity index (χ1v) is 12.3. The molecule has 0 amide bonds. The Bertz CT molecular complexity index is 1370. The standard InChI is InChI=1S/C23H22Br2N4O6/c1-4-13(3)22-27-18-7-6-15(24)9-17(18)23(31)28(22)26-11-14-8-16(25)10-19(29(32)33)21(14)35-12-20(30)34-5-2/h6-11,13H,4-5,12H2,1-3H3/t13-/m1/s1. The Morgan fingerprint density at radius 3 is 2.66 bits per heavy atom. The fraction of sp³-hybridized carbons (Fsp3) is 0.304. The predicted octanol–water partition coefficient (Wildman–Crippen LogP) is 5.17. The van der Waals surface area contributed by atoms with Crippen molar-refractivity contribution in [2.45, 2.75) is 33.1 Å². The number of carbonyl (C=O) groups is 1. The molecule has 10 nitrogen and oxygen atoms in total. The monoisotopic (exact) mass is 608 g/mol. The van der Waals surface area contributed by atoms with E-state index >= 15 is 0 Å². The first-order chi connectivity index (χ1) is 16.7. The van der Waals surface area contributed by atoms with Crippen molar-refractivity contribution in [3.63, 3.8) is 0 Å². The Labute approximate surface area is 217 Å². The third kappa shape index (κ3) is 6.12. The van der Waals surface area contributed by atoms with Crippen LogP contribution in [0.15, 0.2) is 49.2 Å². The van der Waals surface area contributed by atoms with E-state index in [2.05, 4.69) is 41.9 Å². The molecule has 1 heterocycles. The first-order valence-electron chi connectivity index (χ1n) is 10.7. The van der Waals surface area contributed by atoms with Crippen LogP contribution in [0.4, 0.5) is 5.69 Å². The van der Waals surface area contributed by atoms with Crippen LogP contribution in [0.3, 0.4) is 0 Å². The summed E-state index contributed by atoms with van der Waals surface area (Å²) >= 11 is 6.62. The lowest BCUT2D eigenvalue weighted by atomic mass is 10.1. The molecule has 0 fully saturated rings. The SMILES string of the molecule is CCOC(=O)COc1c(C=Nn2c([C@H](C)CC)nc3ccc(Br)cc3c2=O)cc(Br)cc1[N+](=O)[O-]. The van der Waals surface area contributed by atoms with Crippen molar-refractivity contribution >= 4 is 60.6 Å². The number of nitrogens with zero attached hydrogens (tertiary/aromatic N) is 4. The van der Waals surface area contributed by atoms with Crippen molar-refractivity contribution in [1.82, 2.24) is 9.66 Å². The highest BCUT2D eigenvalue weighted by Gasteiger charge is 2.22. The van der Waals surface area contributed by atoms with Crippen molar-refractivity contribution in [3.05, 3.63) is 71.1 Å². The molecule has 0 aliphatic rings. The number of nitro benzene ring substituents is 1. The lowest BCUT2D eigenvalue weighted by molar-refractivity contribution is -0.385. The maximum absolute atomic E-state index is 13.3. The molecule has 184 valence electrons. The summed E-state index contributed by atoms with van der Waals surface area (Å²) in [5.41, 5.74) is -0.0373. The third-order valence-electron chi connectivity index (χ3n) is 5.10. The van der Waals surface area contributed by atoms with E-state index in [4.69, 9.17) is 9.47 Å². The Balaban J connectivity index is 2.17. The summed E-state index contributed by atoms with van der Waals surface area (Å²) in [6.07, 6.45) is 1.98. The summed E-state index contributed by atoms with van der Waals surface area (Å²) in [5, 5.41) is 16.4. The van der Waals surface area contributed by atoms with Crippen molar-refractivity contribution in [2.75, 3.05) is 13.2 Å². The molecule has 0 aliphatic carbocycles. The van der Waals surface area contributed by atoms with Gasteiger partial charge in [-0.25, -0.2) is 9.78 Å². The number of aromatic nitrogens is 2. The van der Waals surface area contributed by atoms with E-state index in [1.807, 2.05) is 13.8 Å². The molecule has 1 atom stereocenters. The van der Waals surface area contributed by atoms with Gasteiger partial charge in [0.1, 0.15) is 5.82 Å². The number of carbonyl (C=O) groups excluding carboxylic acids is 1. The summed E-state index contributed by atoms with van der Waals surface area (Å²) in [4.78, 5) is 40.8. The minimum absolute atomic E-state index is 0.0933. The molecule has 1 aromatic heterocycles. The maximum Gasteiger partial charge on any atom is 0.344 e. The summed E-state index contributed by atoms with van der Waals surface area (Å²) in [7, 11) is 0. The number of ether oxygens (including phenoxy) is 2. The average Bonchev–Trinajstić information content (AvgIpc) is 2.82. The Hall–Kier alpha value is -3.12. The van der Waals surface area contributed by atoms with Gasteiger partial charge in [0.05, 0.1) is 28.6 Å². The number of nitro groups is 1. The zero-order valence-electron chi connectivity index (χ0n) is 19.2. The van der Waals surface area contributed by atoms with Gasteiger partial charge in [-0.1, -0.05) is 45.7 Å². The second kappa shape index (κ2) is 11.5. The average molecular weight is 610 g/mol. The molecule has 0 saturated heterocycles. The summed E-state index contributed by atoms with van der Waals surface area (Å²) < 4.78 is 12.6. The van der Waals surface area contributed by atoms with Gasteiger partial charge in [0.25, 0.3) is 5.56 Å².